The number of nitrogens with one attached hydrogen (secondary N) is 4. The summed E-state index contributed by atoms with van der Waals surface area (Å²) in [5, 5.41) is 10.9. The molecule has 0 bridgehead atoms. The van der Waals surface area contributed by atoms with Gasteiger partial charge in [-0.15, -0.1) is 0 Å². The van der Waals surface area contributed by atoms with Crippen molar-refractivity contribution in [2.45, 2.75) is 0 Å². The molecule has 0 saturated carbocycles. The smallest absolute Gasteiger partial charge is 0.319 e. The van der Waals surface area contributed by atoms with Crippen LogP contribution in [0.2, 0.25) is 0 Å². The Morgan fingerprint density at radius 1 is 0.688 bits per heavy atom. The molecule has 8 heteroatoms. The van der Waals surface area contributed by atoms with Crippen molar-refractivity contribution in [2.24, 2.45) is 0 Å². The van der Waals surface area contributed by atoms with Crippen molar-refractivity contribution in [3.05, 3.63) is 90.0 Å². The lowest BCUT2D eigenvalue weighted by atomic mass is 10.2. The Morgan fingerprint density at radius 2 is 1.31 bits per heavy atom. The third-order valence-electron chi connectivity index (χ3n) is 4.46. The van der Waals surface area contributed by atoms with Gasteiger partial charge in [-0.1, -0.05) is 24.3 Å². The van der Waals surface area contributed by atoms with E-state index >= 15 is 0 Å². The quantitative estimate of drug-likeness (QED) is 0.409. The summed E-state index contributed by atoms with van der Waals surface area (Å²) in [6, 6.07) is 22.0. The molecule has 0 radical (unpaired) electrons. The first-order valence-corrected chi connectivity index (χ1v) is 9.99. The minimum Gasteiger partial charge on any atom is -0.497 e. The molecule has 3 aromatic carbocycles. The largest absolute Gasteiger partial charge is 0.497 e. The monoisotopic (exact) mass is 432 g/mol. The number of urea groups is 1. The second-order valence-electron chi connectivity index (χ2n) is 6.77. The average Bonchev–Trinajstić information content (AvgIpc) is 2.82. The van der Waals surface area contributed by atoms with Crippen molar-refractivity contribution < 1.29 is 19.1 Å². The van der Waals surface area contributed by atoms with Gasteiger partial charge in [0.15, 0.2) is 0 Å². The summed E-state index contributed by atoms with van der Waals surface area (Å²) in [7, 11) is 1.56. The molecule has 0 aliphatic heterocycles. The lowest BCUT2D eigenvalue weighted by Crippen LogP contribution is -2.36. The van der Waals surface area contributed by atoms with Crippen LogP contribution >= 0.6 is 0 Å². The van der Waals surface area contributed by atoms with Crippen molar-refractivity contribution in [3.8, 4) is 5.75 Å². The third kappa shape index (κ3) is 6.60. The van der Waals surface area contributed by atoms with E-state index < -0.39 is 6.03 Å². The highest BCUT2D eigenvalue weighted by atomic mass is 16.5. The number of benzene rings is 3. The van der Waals surface area contributed by atoms with Gasteiger partial charge in [0.25, 0.3) is 11.8 Å². The highest BCUT2D eigenvalue weighted by Crippen LogP contribution is 2.16. The predicted molar refractivity (Wildman–Crippen MR) is 123 cm³/mol. The normalized spacial score (nSPS) is 10.0. The van der Waals surface area contributed by atoms with Crippen LogP contribution in [-0.4, -0.2) is 38.0 Å². The summed E-state index contributed by atoms with van der Waals surface area (Å²) >= 11 is 0. The van der Waals surface area contributed by atoms with Gasteiger partial charge in [0.05, 0.1) is 7.11 Å². The zero-order valence-electron chi connectivity index (χ0n) is 17.6. The molecule has 0 aliphatic carbocycles. The summed E-state index contributed by atoms with van der Waals surface area (Å²) in [5.41, 5.74) is 2.13. The number of hydrogen-bond donors (Lipinski definition) is 4. The fourth-order valence-electron chi connectivity index (χ4n) is 2.84. The van der Waals surface area contributed by atoms with E-state index in [-0.39, 0.29) is 24.9 Å². The molecule has 4 amide bonds. The van der Waals surface area contributed by atoms with Crippen molar-refractivity contribution in [1.29, 1.82) is 0 Å². The molecule has 0 spiro atoms. The second kappa shape index (κ2) is 11.2. The van der Waals surface area contributed by atoms with Gasteiger partial charge in [-0.25, -0.2) is 4.79 Å². The Kier molecular flexibility index (Phi) is 7.80. The van der Waals surface area contributed by atoms with E-state index in [4.69, 9.17) is 4.74 Å². The van der Waals surface area contributed by atoms with E-state index in [1.165, 1.54) is 0 Å². The van der Waals surface area contributed by atoms with Crippen LogP contribution in [0.15, 0.2) is 78.9 Å². The molecule has 164 valence electrons. The van der Waals surface area contributed by atoms with Crippen molar-refractivity contribution in [2.75, 3.05) is 30.8 Å². The molecule has 0 saturated heterocycles. The Labute approximate surface area is 186 Å². The zero-order valence-corrected chi connectivity index (χ0v) is 17.6. The molecule has 0 aliphatic rings. The van der Waals surface area contributed by atoms with Crippen LogP contribution in [-0.2, 0) is 0 Å². The number of ether oxygens (including phenoxy) is 1. The summed E-state index contributed by atoms with van der Waals surface area (Å²) in [4.78, 5) is 36.5. The SMILES string of the molecule is COc1ccc(C(=O)NCCNC(=O)Nc2cccc(NC(=O)c3ccccc3)c2)cc1. The van der Waals surface area contributed by atoms with Gasteiger partial charge in [0.2, 0.25) is 0 Å². The van der Waals surface area contributed by atoms with Gasteiger partial charge >= 0.3 is 6.03 Å². The summed E-state index contributed by atoms with van der Waals surface area (Å²) < 4.78 is 5.06. The van der Waals surface area contributed by atoms with Crippen LogP contribution < -0.4 is 26.0 Å². The molecule has 8 nitrogen and oxygen atoms in total. The highest BCUT2D eigenvalue weighted by Gasteiger charge is 2.08. The van der Waals surface area contributed by atoms with Crippen LogP contribution in [0.4, 0.5) is 16.2 Å². The Morgan fingerprint density at radius 3 is 2.00 bits per heavy atom. The Balaban J connectivity index is 1.42. The number of amides is 4. The molecule has 0 atom stereocenters. The van der Waals surface area contributed by atoms with Gasteiger partial charge < -0.3 is 26.0 Å². The first-order chi connectivity index (χ1) is 15.5. The zero-order chi connectivity index (χ0) is 22.8. The number of methoxy groups -OCH3 is 1. The van der Waals surface area contributed by atoms with Gasteiger partial charge in [-0.2, -0.15) is 0 Å². The predicted octanol–water partition coefficient (Wildman–Crippen LogP) is 3.50. The molecule has 0 unspecified atom stereocenters. The minimum atomic E-state index is -0.421. The molecule has 0 aromatic heterocycles. The Bertz CT molecular complexity index is 1070. The highest BCUT2D eigenvalue weighted by molar-refractivity contribution is 6.04. The lowest BCUT2D eigenvalue weighted by molar-refractivity contribution is 0.0953. The first-order valence-electron chi connectivity index (χ1n) is 9.99. The fourth-order valence-corrected chi connectivity index (χ4v) is 2.84. The molecular formula is C24H24N4O4. The molecule has 0 fully saturated rings. The second-order valence-corrected chi connectivity index (χ2v) is 6.77. The van der Waals surface area contributed by atoms with Crippen molar-refractivity contribution >= 4 is 29.2 Å². The van der Waals surface area contributed by atoms with Crippen molar-refractivity contribution in [1.82, 2.24) is 10.6 Å². The van der Waals surface area contributed by atoms with Crippen LogP contribution in [0, 0.1) is 0 Å². The van der Waals surface area contributed by atoms with Gasteiger partial charge in [0, 0.05) is 35.6 Å². The number of hydrogen-bond acceptors (Lipinski definition) is 4. The van der Waals surface area contributed by atoms with E-state index in [0.29, 0.717) is 28.3 Å². The third-order valence-corrected chi connectivity index (χ3v) is 4.46. The fraction of sp³-hybridized carbons (Fsp3) is 0.125. The van der Waals surface area contributed by atoms with Crippen LogP contribution in [0.3, 0.4) is 0 Å². The molecule has 3 rings (SSSR count). The number of carbonyl (C=O) groups excluding carboxylic acids is 3. The Hall–Kier alpha value is -4.33. The molecule has 32 heavy (non-hydrogen) atoms. The summed E-state index contributed by atoms with van der Waals surface area (Å²) in [5.74, 6) is 0.195. The van der Waals surface area contributed by atoms with Crippen molar-refractivity contribution in [3.63, 3.8) is 0 Å². The minimum absolute atomic E-state index is 0.236. The summed E-state index contributed by atoms with van der Waals surface area (Å²) in [6.07, 6.45) is 0. The average molecular weight is 432 g/mol. The molecule has 4 N–H and O–H groups in total. The van der Waals surface area contributed by atoms with E-state index in [1.54, 1.807) is 79.9 Å². The lowest BCUT2D eigenvalue weighted by Gasteiger charge is -2.11. The molecular weight excluding hydrogens is 408 g/mol. The topological polar surface area (TPSA) is 109 Å². The maximum absolute atomic E-state index is 12.3. The van der Waals surface area contributed by atoms with E-state index in [1.807, 2.05) is 6.07 Å². The summed E-state index contributed by atoms with van der Waals surface area (Å²) in [6.45, 7) is 0.517. The van der Waals surface area contributed by atoms with Gasteiger partial charge in [-0.05, 0) is 54.6 Å². The van der Waals surface area contributed by atoms with Crippen LogP contribution in [0.1, 0.15) is 20.7 Å². The number of rotatable bonds is 8. The number of carbonyl (C=O) groups is 3. The van der Waals surface area contributed by atoms with Gasteiger partial charge in [-0.3, -0.25) is 9.59 Å². The van der Waals surface area contributed by atoms with E-state index in [9.17, 15) is 14.4 Å². The molecule has 0 heterocycles. The first kappa shape index (κ1) is 22.4. The van der Waals surface area contributed by atoms with Crippen LogP contribution in [0.5, 0.6) is 5.75 Å². The maximum atomic E-state index is 12.3. The molecule has 3 aromatic rings. The maximum Gasteiger partial charge on any atom is 0.319 e. The van der Waals surface area contributed by atoms with Gasteiger partial charge in [0.1, 0.15) is 5.75 Å². The standard InChI is InChI=1S/C24H24N4O4/c1-32-21-12-10-18(11-13-21)22(29)25-14-15-26-24(31)28-20-9-5-8-19(16-20)27-23(30)17-6-3-2-4-7-17/h2-13,16H,14-15H2,1H3,(H,25,29)(H,27,30)(H2,26,28,31). The number of anilines is 2. The van der Waals surface area contributed by atoms with Crippen LogP contribution in [0.25, 0.3) is 0 Å². The van der Waals surface area contributed by atoms with E-state index in [0.717, 1.165) is 0 Å². The van der Waals surface area contributed by atoms with E-state index in [2.05, 4.69) is 21.3 Å².